The second-order valence-electron chi connectivity index (χ2n) is 6.10. The number of hydrogen-bond acceptors (Lipinski definition) is 3. The van der Waals surface area contributed by atoms with Crippen LogP contribution in [0.15, 0.2) is 24.3 Å². The van der Waals surface area contributed by atoms with E-state index in [-0.39, 0.29) is 11.9 Å². The molecule has 1 amide bonds. The molecule has 1 aromatic rings. The fraction of sp³-hybridized carbons (Fsp3) is 0.562. The van der Waals surface area contributed by atoms with Gasteiger partial charge in [0.15, 0.2) is 0 Å². The number of nitrogens with zero attached hydrogens (tertiary/aromatic N) is 2. The van der Waals surface area contributed by atoms with Gasteiger partial charge in [-0.15, -0.1) is 0 Å². The molecule has 1 saturated heterocycles. The highest BCUT2D eigenvalue weighted by atomic mass is 16.2. The van der Waals surface area contributed by atoms with Gasteiger partial charge in [-0.3, -0.25) is 4.79 Å². The Kier molecular flexibility index (Phi) is 3.66. The minimum Gasteiger partial charge on any atom is -0.373 e. The summed E-state index contributed by atoms with van der Waals surface area (Å²) >= 11 is 0. The zero-order valence-corrected chi connectivity index (χ0v) is 12.3. The van der Waals surface area contributed by atoms with Crippen molar-refractivity contribution < 1.29 is 4.79 Å². The number of carbonyl (C=O) groups is 1. The van der Waals surface area contributed by atoms with Crippen LogP contribution in [0.4, 0.5) is 5.69 Å². The van der Waals surface area contributed by atoms with Crippen molar-refractivity contribution in [2.24, 2.45) is 0 Å². The molecule has 0 unspecified atom stereocenters. The van der Waals surface area contributed by atoms with Crippen molar-refractivity contribution >= 4 is 11.6 Å². The first kappa shape index (κ1) is 13.4. The Hall–Kier alpha value is -1.55. The third-order valence-corrected chi connectivity index (χ3v) is 4.51. The molecule has 108 valence electrons. The average molecular weight is 273 g/mol. The Balaban J connectivity index is 1.66. The molecule has 1 fully saturated rings. The van der Waals surface area contributed by atoms with Gasteiger partial charge in [-0.05, 0) is 38.6 Å². The first-order valence-corrected chi connectivity index (χ1v) is 7.45. The molecule has 0 spiro atoms. The number of carbonyl (C=O) groups excluding carboxylic acids is 1. The molecule has 2 heterocycles. The van der Waals surface area contributed by atoms with E-state index in [1.165, 1.54) is 12.0 Å². The van der Waals surface area contributed by atoms with Gasteiger partial charge in [-0.2, -0.15) is 0 Å². The molecule has 4 nitrogen and oxygen atoms in total. The van der Waals surface area contributed by atoms with E-state index >= 15 is 0 Å². The summed E-state index contributed by atoms with van der Waals surface area (Å²) < 4.78 is 0. The van der Waals surface area contributed by atoms with Crippen LogP contribution in [0.25, 0.3) is 0 Å². The number of amides is 1. The van der Waals surface area contributed by atoms with E-state index in [9.17, 15) is 4.79 Å². The molecular weight excluding hydrogens is 250 g/mol. The Morgan fingerprint density at radius 1 is 1.35 bits per heavy atom. The monoisotopic (exact) mass is 273 g/mol. The van der Waals surface area contributed by atoms with Crippen molar-refractivity contribution in [3.8, 4) is 0 Å². The fourth-order valence-electron chi connectivity index (χ4n) is 3.24. The van der Waals surface area contributed by atoms with E-state index < -0.39 is 0 Å². The van der Waals surface area contributed by atoms with Crippen LogP contribution in [0.2, 0.25) is 0 Å². The van der Waals surface area contributed by atoms with Gasteiger partial charge in [0.25, 0.3) is 0 Å². The molecule has 2 atom stereocenters. The third kappa shape index (κ3) is 2.52. The van der Waals surface area contributed by atoms with Crippen molar-refractivity contribution in [2.75, 3.05) is 32.5 Å². The topological polar surface area (TPSA) is 35.6 Å². The number of hydrogen-bond donors (Lipinski definition) is 1. The zero-order chi connectivity index (χ0) is 14.1. The van der Waals surface area contributed by atoms with Crippen LogP contribution in [0, 0.1) is 0 Å². The molecule has 0 aliphatic carbocycles. The highest BCUT2D eigenvalue weighted by molar-refractivity contribution is 5.87. The van der Waals surface area contributed by atoms with Crippen molar-refractivity contribution in [1.29, 1.82) is 0 Å². The number of nitrogens with one attached hydrogen (secondary N) is 1. The minimum atomic E-state index is -0.0756. The lowest BCUT2D eigenvalue weighted by molar-refractivity contribution is -0.133. The predicted octanol–water partition coefficient (Wildman–Crippen LogP) is 1.58. The summed E-state index contributed by atoms with van der Waals surface area (Å²) in [5.74, 6) is 0.257. The Morgan fingerprint density at radius 3 is 2.90 bits per heavy atom. The molecule has 20 heavy (non-hydrogen) atoms. The van der Waals surface area contributed by atoms with Gasteiger partial charge in [0.05, 0.1) is 0 Å². The summed E-state index contributed by atoms with van der Waals surface area (Å²) in [7, 11) is 4.20. The van der Waals surface area contributed by atoms with E-state index in [4.69, 9.17) is 0 Å². The Bertz CT molecular complexity index is 475. The lowest BCUT2D eigenvalue weighted by Crippen LogP contribution is -2.51. The highest BCUT2D eigenvalue weighted by Crippen LogP contribution is 2.27. The lowest BCUT2D eigenvalue weighted by atomic mass is 10.0. The van der Waals surface area contributed by atoms with Gasteiger partial charge < -0.3 is 15.1 Å². The van der Waals surface area contributed by atoms with E-state index in [1.807, 2.05) is 17.0 Å². The molecule has 0 bridgehead atoms. The first-order valence-electron chi connectivity index (χ1n) is 7.45. The van der Waals surface area contributed by atoms with Crippen LogP contribution in [0.5, 0.6) is 0 Å². The van der Waals surface area contributed by atoms with Gasteiger partial charge in [-0.25, -0.2) is 0 Å². The smallest absolute Gasteiger partial charge is 0.245 e. The van der Waals surface area contributed by atoms with Crippen LogP contribution in [-0.4, -0.2) is 55.0 Å². The van der Waals surface area contributed by atoms with Crippen molar-refractivity contribution in [1.82, 2.24) is 9.80 Å². The molecular formula is C16H23N3O. The number of fused-ring (bicyclic) bond motifs is 1. The normalized spacial score (nSPS) is 25.4. The van der Waals surface area contributed by atoms with Crippen molar-refractivity contribution in [2.45, 2.75) is 31.3 Å². The van der Waals surface area contributed by atoms with Crippen LogP contribution in [-0.2, 0) is 11.2 Å². The SMILES string of the molecule is CN(C)[C@H]1CCCN(C(=O)[C@H]2Cc3ccccc3N2)C1. The van der Waals surface area contributed by atoms with Gasteiger partial charge in [0.1, 0.15) is 6.04 Å². The van der Waals surface area contributed by atoms with Crippen LogP contribution < -0.4 is 5.32 Å². The van der Waals surface area contributed by atoms with Crippen molar-refractivity contribution in [3.05, 3.63) is 29.8 Å². The van der Waals surface area contributed by atoms with Crippen molar-refractivity contribution in [3.63, 3.8) is 0 Å². The fourth-order valence-corrected chi connectivity index (χ4v) is 3.24. The Morgan fingerprint density at radius 2 is 2.15 bits per heavy atom. The van der Waals surface area contributed by atoms with Gasteiger partial charge in [-0.1, -0.05) is 18.2 Å². The first-order chi connectivity index (χ1) is 9.65. The van der Waals surface area contributed by atoms with Gasteiger partial charge >= 0.3 is 0 Å². The molecule has 2 aliphatic rings. The largest absolute Gasteiger partial charge is 0.373 e. The maximum atomic E-state index is 12.7. The standard InChI is InChI=1S/C16H23N3O/c1-18(2)13-7-5-9-19(11-13)16(20)15-10-12-6-3-4-8-14(12)17-15/h3-4,6,8,13,15,17H,5,7,9-11H2,1-2H3/t13-,15+/m0/s1. The summed E-state index contributed by atoms with van der Waals surface area (Å²) in [6, 6.07) is 8.64. The maximum Gasteiger partial charge on any atom is 0.245 e. The summed E-state index contributed by atoms with van der Waals surface area (Å²) in [4.78, 5) is 17.0. The lowest BCUT2D eigenvalue weighted by Gasteiger charge is -2.37. The second kappa shape index (κ2) is 5.44. The molecule has 0 saturated carbocycles. The van der Waals surface area contributed by atoms with E-state index in [2.05, 4.69) is 36.4 Å². The summed E-state index contributed by atoms with van der Waals surface area (Å²) in [5.41, 5.74) is 2.37. The number of para-hydroxylation sites is 1. The molecule has 0 radical (unpaired) electrons. The van der Waals surface area contributed by atoms with Crippen LogP contribution in [0.1, 0.15) is 18.4 Å². The zero-order valence-electron chi connectivity index (χ0n) is 12.3. The molecule has 1 aromatic carbocycles. The van der Waals surface area contributed by atoms with E-state index in [0.717, 1.165) is 31.6 Å². The number of rotatable bonds is 2. The summed E-state index contributed by atoms with van der Waals surface area (Å²) in [6.45, 7) is 1.76. The number of piperidine rings is 1. The number of benzene rings is 1. The summed E-state index contributed by atoms with van der Waals surface area (Å²) in [6.07, 6.45) is 3.11. The molecule has 4 heteroatoms. The number of likely N-dealkylation sites (N-methyl/N-ethyl adjacent to an activating group) is 1. The molecule has 3 rings (SSSR count). The second-order valence-corrected chi connectivity index (χ2v) is 6.10. The van der Waals surface area contributed by atoms with Crippen LogP contribution >= 0.6 is 0 Å². The van der Waals surface area contributed by atoms with Gasteiger partial charge in [0, 0.05) is 31.2 Å². The minimum absolute atomic E-state index is 0.0756. The predicted molar refractivity (Wildman–Crippen MR) is 80.8 cm³/mol. The Labute approximate surface area is 120 Å². The average Bonchev–Trinajstić information content (AvgIpc) is 2.90. The quantitative estimate of drug-likeness (QED) is 0.888. The molecule has 1 N–H and O–H groups in total. The van der Waals surface area contributed by atoms with E-state index in [0.29, 0.717) is 6.04 Å². The highest BCUT2D eigenvalue weighted by Gasteiger charge is 2.32. The number of likely N-dealkylation sites (tertiary alicyclic amines) is 1. The maximum absolute atomic E-state index is 12.7. The number of anilines is 1. The molecule has 0 aromatic heterocycles. The summed E-state index contributed by atoms with van der Waals surface area (Å²) in [5, 5.41) is 3.37. The molecule has 2 aliphatic heterocycles. The van der Waals surface area contributed by atoms with Gasteiger partial charge in [0.2, 0.25) is 5.91 Å². The van der Waals surface area contributed by atoms with Crippen LogP contribution in [0.3, 0.4) is 0 Å². The third-order valence-electron chi connectivity index (χ3n) is 4.51. The van der Waals surface area contributed by atoms with E-state index in [1.54, 1.807) is 0 Å².